The van der Waals surface area contributed by atoms with E-state index in [1.54, 1.807) is 0 Å². The number of nitrogens with one attached hydrogen (secondary N) is 2. The average Bonchev–Trinajstić information content (AvgIpc) is 3.27. The van der Waals surface area contributed by atoms with Crippen LogP contribution in [0.15, 0.2) is 48.7 Å². The van der Waals surface area contributed by atoms with E-state index in [4.69, 9.17) is 9.47 Å². The van der Waals surface area contributed by atoms with Crippen LogP contribution < -0.4 is 14.8 Å². The van der Waals surface area contributed by atoms with Gasteiger partial charge in [-0.1, -0.05) is 31.2 Å². The highest BCUT2D eigenvalue weighted by Crippen LogP contribution is 2.34. The Morgan fingerprint density at radius 1 is 1.15 bits per heavy atom. The fourth-order valence-corrected chi connectivity index (χ4v) is 3.46. The van der Waals surface area contributed by atoms with Crippen molar-refractivity contribution in [3.63, 3.8) is 0 Å². The summed E-state index contributed by atoms with van der Waals surface area (Å²) in [5.74, 6) is 1.65. The standard InChI is InChI=1S/C21H22N2O3/c1-13(17-11-22-18-6-4-3-5-16(17)18)9-21(24)23-14(2)15-7-8-19-20(10-15)26-12-25-19/h3-8,10-11,13-14,22H,9,12H2,1-2H3,(H,23,24). The number of hydrogen-bond donors (Lipinski definition) is 2. The summed E-state index contributed by atoms with van der Waals surface area (Å²) in [5, 5.41) is 4.26. The molecule has 134 valence electrons. The molecule has 0 radical (unpaired) electrons. The molecule has 2 aromatic carbocycles. The van der Waals surface area contributed by atoms with E-state index in [-0.39, 0.29) is 24.7 Å². The van der Waals surface area contributed by atoms with Crippen LogP contribution in [0.3, 0.4) is 0 Å². The number of para-hydroxylation sites is 1. The number of carbonyl (C=O) groups is 1. The smallest absolute Gasteiger partial charge is 0.231 e. The summed E-state index contributed by atoms with van der Waals surface area (Å²) >= 11 is 0. The van der Waals surface area contributed by atoms with Crippen molar-refractivity contribution < 1.29 is 14.3 Å². The predicted octanol–water partition coefficient (Wildman–Crippen LogP) is 4.27. The SMILES string of the molecule is CC(CC(=O)NC(C)c1ccc2c(c1)OCO2)c1c[nH]c2ccccc12. The van der Waals surface area contributed by atoms with Crippen LogP contribution in [0.1, 0.15) is 43.4 Å². The molecule has 3 aromatic rings. The third kappa shape index (κ3) is 3.12. The predicted molar refractivity (Wildman–Crippen MR) is 100 cm³/mol. The van der Waals surface area contributed by atoms with Gasteiger partial charge in [0.05, 0.1) is 6.04 Å². The number of hydrogen-bond acceptors (Lipinski definition) is 3. The highest BCUT2D eigenvalue weighted by atomic mass is 16.7. The van der Waals surface area contributed by atoms with E-state index < -0.39 is 0 Å². The number of benzene rings is 2. The first-order chi connectivity index (χ1) is 12.6. The number of carbonyl (C=O) groups excluding carboxylic acids is 1. The van der Waals surface area contributed by atoms with Crippen LogP contribution in [-0.2, 0) is 4.79 Å². The van der Waals surface area contributed by atoms with Gasteiger partial charge in [0.15, 0.2) is 11.5 Å². The molecule has 0 saturated heterocycles. The number of rotatable bonds is 5. The zero-order valence-electron chi connectivity index (χ0n) is 14.9. The largest absolute Gasteiger partial charge is 0.454 e. The van der Waals surface area contributed by atoms with Crippen molar-refractivity contribution in [2.24, 2.45) is 0 Å². The summed E-state index contributed by atoms with van der Waals surface area (Å²) in [5.41, 5.74) is 3.28. The second-order valence-corrected chi connectivity index (χ2v) is 6.80. The third-order valence-electron chi connectivity index (χ3n) is 4.92. The molecule has 5 nitrogen and oxygen atoms in total. The molecule has 2 heterocycles. The maximum Gasteiger partial charge on any atom is 0.231 e. The first-order valence-electron chi connectivity index (χ1n) is 8.86. The van der Waals surface area contributed by atoms with Crippen molar-refractivity contribution in [2.45, 2.75) is 32.2 Å². The second-order valence-electron chi connectivity index (χ2n) is 6.80. The van der Waals surface area contributed by atoms with Gasteiger partial charge in [-0.2, -0.15) is 0 Å². The van der Waals surface area contributed by atoms with E-state index >= 15 is 0 Å². The number of amides is 1. The molecule has 1 aliphatic rings. The minimum Gasteiger partial charge on any atom is -0.454 e. The fraction of sp³-hybridized carbons (Fsp3) is 0.286. The van der Waals surface area contributed by atoms with Gasteiger partial charge in [0.1, 0.15) is 0 Å². The molecule has 4 rings (SSSR count). The minimum absolute atomic E-state index is 0.0351. The molecule has 5 heteroatoms. The van der Waals surface area contributed by atoms with Crippen LogP contribution in [0.5, 0.6) is 11.5 Å². The van der Waals surface area contributed by atoms with Crippen LogP contribution in [0, 0.1) is 0 Å². The Labute approximate surface area is 152 Å². The average molecular weight is 350 g/mol. The topological polar surface area (TPSA) is 63.4 Å². The summed E-state index contributed by atoms with van der Waals surface area (Å²) < 4.78 is 10.7. The maximum atomic E-state index is 12.5. The normalized spacial score (nSPS) is 15.0. The molecule has 1 aromatic heterocycles. The van der Waals surface area contributed by atoms with Gasteiger partial charge in [-0.25, -0.2) is 0 Å². The van der Waals surface area contributed by atoms with E-state index in [2.05, 4.69) is 23.3 Å². The number of H-pyrrole nitrogens is 1. The quantitative estimate of drug-likeness (QED) is 0.722. The Morgan fingerprint density at radius 3 is 2.85 bits per heavy atom. The molecule has 2 unspecified atom stereocenters. The van der Waals surface area contributed by atoms with Crippen molar-refractivity contribution >= 4 is 16.8 Å². The van der Waals surface area contributed by atoms with Crippen LogP contribution in [0.2, 0.25) is 0 Å². The van der Waals surface area contributed by atoms with E-state index in [0.29, 0.717) is 6.42 Å². The van der Waals surface area contributed by atoms with E-state index in [1.807, 2.05) is 49.5 Å². The zero-order chi connectivity index (χ0) is 18.1. The van der Waals surface area contributed by atoms with Crippen molar-refractivity contribution in [3.05, 3.63) is 59.8 Å². The number of fused-ring (bicyclic) bond motifs is 2. The Morgan fingerprint density at radius 2 is 1.96 bits per heavy atom. The molecule has 1 amide bonds. The van der Waals surface area contributed by atoms with Crippen molar-refractivity contribution in [2.75, 3.05) is 6.79 Å². The molecular weight excluding hydrogens is 328 g/mol. The molecule has 0 fully saturated rings. The summed E-state index contributed by atoms with van der Waals surface area (Å²) in [6.07, 6.45) is 2.45. The minimum atomic E-state index is -0.0906. The zero-order valence-corrected chi connectivity index (χ0v) is 14.9. The molecule has 0 saturated carbocycles. The van der Waals surface area contributed by atoms with Gasteiger partial charge in [0.25, 0.3) is 0 Å². The van der Waals surface area contributed by atoms with Gasteiger partial charge < -0.3 is 19.8 Å². The highest BCUT2D eigenvalue weighted by Gasteiger charge is 2.19. The molecular formula is C21H22N2O3. The fourth-order valence-electron chi connectivity index (χ4n) is 3.46. The van der Waals surface area contributed by atoms with Crippen LogP contribution in [-0.4, -0.2) is 17.7 Å². The summed E-state index contributed by atoms with van der Waals surface area (Å²) in [6, 6.07) is 13.8. The van der Waals surface area contributed by atoms with Crippen molar-refractivity contribution in [1.29, 1.82) is 0 Å². The summed E-state index contributed by atoms with van der Waals surface area (Å²) in [6.45, 7) is 4.31. The van der Waals surface area contributed by atoms with E-state index in [1.165, 1.54) is 10.9 Å². The summed E-state index contributed by atoms with van der Waals surface area (Å²) in [7, 11) is 0. The van der Waals surface area contributed by atoms with Crippen LogP contribution in [0.4, 0.5) is 0 Å². The third-order valence-corrected chi connectivity index (χ3v) is 4.92. The lowest BCUT2D eigenvalue weighted by molar-refractivity contribution is -0.122. The lowest BCUT2D eigenvalue weighted by Crippen LogP contribution is -2.27. The lowest BCUT2D eigenvalue weighted by atomic mass is 9.96. The lowest BCUT2D eigenvalue weighted by Gasteiger charge is -2.17. The molecule has 0 bridgehead atoms. The Hall–Kier alpha value is -2.95. The van der Waals surface area contributed by atoms with Gasteiger partial charge in [0.2, 0.25) is 12.7 Å². The monoisotopic (exact) mass is 350 g/mol. The van der Waals surface area contributed by atoms with Crippen molar-refractivity contribution in [1.82, 2.24) is 10.3 Å². The Balaban J connectivity index is 1.41. The molecule has 2 N–H and O–H groups in total. The van der Waals surface area contributed by atoms with E-state index in [9.17, 15) is 4.79 Å². The molecule has 0 aliphatic carbocycles. The Bertz CT molecular complexity index is 947. The summed E-state index contributed by atoms with van der Waals surface area (Å²) in [4.78, 5) is 15.8. The second kappa shape index (κ2) is 6.75. The Kier molecular flexibility index (Phi) is 4.29. The van der Waals surface area contributed by atoms with Crippen LogP contribution in [0.25, 0.3) is 10.9 Å². The first kappa shape index (κ1) is 16.5. The number of aromatic nitrogens is 1. The van der Waals surface area contributed by atoms with E-state index in [0.717, 1.165) is 22.6 Å². The highest BCUT2D eigenvalue weighted by molar-refractivity contribution is 5.85. The van der Waals surface area contributed by atoms with Gasteiger partial charge in [-0.3, -0.25) is 4.79 Å². The van der Waals surface area contributed by atoms with Crippen LogP contribution >= 0.6 is 0 Å². The molecule has 2 atom stereocenters. The van der Waals surface area contributed by atoms with Gasteiger partial charge >= 0.3 is 0 Å². The first-order valence-corrected chi connectivity index (χ1v) is 8.86. The van der Waals surface area contributed by atoms with Crippen molar-refractivity contribution in [3.8, 4) is 11.5 Å². The van der Waals surface area contributed by atoms with Gasteiger partial charge in [-0.15, -0.1) is 0 Å². The molecule has 0 spiro atoms. The molecule has 1 aliphatic heterocycles. The maximum absolute atomic E-state index is 12.5. The number of aromatic amines is 1. The number of ether oxygens (including phenoxy) is 2. The van der Waals surface area contributed by atoms with Gasteiger partial charge in [0, 0.05) is 23.5 Å². The molecule has 26 heavy (non-hydrogen) atoms. The van der Waals surface area contributed by atoms with Gasteiger partial charge in [-0.05, 0) is 42.2 Å².